The highest BCUT2D eigenvalue weighted by molar-refractivity contribution is 6.01. The summed E-state index contributed by atoms with van der Waals surface area (Å²) in [6.07, 6.45) is 0.777. The molecule has 4 aromatic rings. The molecule has 0 fully saturated rings. The molecule has 4 rings (SSSR count). The van der Waals surface area contributed by atoms with Gasteiger partial charge in [-0.2, -0.15) is 10.4 Å². The number of hydrogen-bond donors (Lipinski definition) is 2. The van der Waals surface area contributed by atoms with Crippen LogP contribution in [-0.4, -0.2) is 56.1 Å². The van der Waals surface area contributed by atoms with E-state index in [9.17, 15) is 14.9 Å². The lowest BCUT2D eigenvalue weighted by atomic mass is 10.1. The number of aryl methyl sites for hydroxylation is 1. The zero-order valence-corrected chi connectivity index (χ0v) is 20.1. The molecule has 180 valence electrons. The molecule has 11 nitrogen and oxygen atoms in total. The normalized spacial score (nSPS) is 11.4. The Hall–Kier alpha value is -4.46. The van der Waals surface area contributed by atoms with Crippen LogP contribution in [0.25, 0.3) is 33.3 Å². The minimum atomic E-state index is -0.606. The predicted molar refractivity (Wildman–Crippen MR) is 128 cm³/mol. The summed E-state index contributed by atoms with van der Waals surface area (Å²) in [4.78, 5) is 35.8. The highest BCUT2D eigenvalue weighted by Gasteiger charge is 2.22. The molecule has 35 heavy (non-hydrogen) atoms. The number of carbonyl (C=O) groups excluding carboxylic acids is 2. The highest BCUT2D eigenvalue weighted by atomic mass is 16.6. The first-order valence-electron chi connectivity index (χ1n) is 10.9. The summed E-state index contributed by atoms with van der Waals surface area (Å²) in [6.45, 7) is 7.83. The van der Waals surface area contributed by atoms with Gasteiger partial charge in [-0.05, 0) is 45.4 Å². The number of hydrogen-bond acceptors (Lipinski definition) is 8. The van der Waals surface area contributed by atoms with Crippen molar-refractivity contribution < 1.29 is 19.1 Å². The Morgan fingerprint density at radius 1 is 1.26 bits per heavy atom. The third-order valence-electron chi connectivity index (χ3n) is 5.34. The lowest BCUT2D eigenvalue weighted by molar-refractivity contribution is 0.0524. The van der Waals surface area contributed by atoms with Crippen molar-refractivity contribution in [1.82, 2.24) is 30.0 Å². The van der Waals surface area contributed by atoms with Crippen LogP contribution in [0.1, 0.15) is 42.4 Å². The first-order chi connectivity index (χ1) is 16.6. The van der Waals surface area contributed by atoms with Crippen molar-refractivity contribution in [2.75, 3.05) is 13.7 Å². The van der Waals surface area contributed by atoms with E-state index in [1.165, 1.54) is 13.4 Å². The Kier molecular flexibility index (Phi) is 6.13. The number of ether oxygens (including phenoxy) is 2. The molecular weight excluding hydrogens is 450 g/mol. The molecule has 0 aliphatic carbocycles. The number of methoxy groups -OCH3 is 1. The third-order valence-corrected chi connectivity index (χ3v) is 5.34. The first kappa shape index (κ1) is 23.7. The predicted octanol–water partition coefficient (Wildman–Crippen LogP) is 3.47. The quantitative estimate of drug-likeness (QED) is 0.417. The maximum Gasteiger partial charge on any atom is 0.407 e. The maximum absolute atomic E-state index is 12.0. The molecule has 3 heterocycles. The van der Waals surface area contributed by atoms with Crippen LogP contribution in [0.3, 0.4) is 0 Å². The maximum atomic E-state index is 12.0. The molecule has 1 aromatic carbocycles. The van der Waals surface area contributed by atoms with E-state index < -0.39 is 17.7 Å². The number of benzene rings is 1. The number of nitrogens with one attached hydrogen (secondary N) is 2. The minimum absolute atomic E-state index is 0.185. The second kappa shape index (κ2) is 9.06. The number of rotatable bonds is 5. The number of esters is 1. The summed E-state index contributed by atoms with van der Waals surface area (Å²) in [6, 6.07) is 7.35. The molecule has 1 amide bonds. The Morgan fingerprint density at radius 3 is 2.71 bits per heavy atom. The molecule has 3 aromatic heterocycles. The fourth-order valence-corrected chi connectivity index (χ4v) is 3.82. The van der Waals surface area contributed by atoms with E-state index in [0.29, 0.717) is 34.5 Å². The van der Waals surface area contributed by atoms with Crippen LogP contribution in [-0.2, 0) is 16.0 Å². The SMILES string of the molecule is COC(=O)c1ccc2c(C)c(-c3nn(CCNC(=O)OC(C)(C)C)c4ncnc(C#N)c34)[nH]c2c1. The number of aromatic nitrogens is 5. The molecule has 0 saturated heterocycles. The van der Waals surface area contributed by atoms with Crippen LogP contribution in [0.4, 0.5) is 4.79 Å². The second-order valence-electron chi connectivity index (χ2n) is 8.91. The molecule has 11 heteroatoms. The Morgan fingerprint density at radius 2 is 2.03 bits per heavy atom. The molecule has 2 N–H and O–H groups in total. The van der Waals surface area contributed by atoms with Gasteiger partial charge in [0.1, 0.15) is 23.7 Å². The highest BCUT2D eigenvalue weighted by Crippen LogP contribution is 2.34. The van der Waals surface area contributed by atoms with E-state index in [4.69, 9.17) is 14.6 Å². The van der Waals surface area contributed by atoms with Gasteiger partial charge >= 0.3 is 12.1 Å². The van der Waals surface area contributed by atoms with Crippen LogP contribution in [0.15, 0.2) is 24.5 Å². The van der Waals surface area contributed by atoms with Crippen LogP contribution in [0.2, 0.25) is 0 Å². The van der Waals surface area contributed by atoms with Gasteiger partial charge < -0.3 is 19.8 Å². The zero-order valence-electron chi connectivity index (χ0n) is 20.1. The Labute approximate surface area is 201 Å². The number of nitriles is 1. The lowest BCUT2D eigenvalue weighted by Crippen LogP contribution is -2.34. The Balaban J connectivity index is 1.75. The van der Waals surface area contributed by atoms with E-state index in [-0.39, 0.29) is 12.2 Å². The van der Waals surface area contributed by atoms with Crippen molar-refractivity contribution in [2.45, 2.75) is 39.8 Å². The van der Waals surface area contributed by atoms with Gasteiger partial charge in [0.15, 0.2) is 11.3 Å². The molecule has 0 unspecified atom stereocenters. The largest absolute Gasteiger partial charge is 0.465 e. The van der Waals surface area contributed by atoms with Gasteiger partial charge in [-0.1, -0.05) is 6.07 Å². The van der Waals surface area contributed by atoms with Gasteiger partial charge in [0.25, 0.3) is 0 Å². The fourth-order valence-electron chi connectivity index (χ4n) is 3.82. The topological polar surface area (TPSA) is 148 Å². The van der Waals surface area contributed by atoms with Crippen molar-refractivity contribution in [3.63, 3.8) is 0 Å². The second-order valence-corrected chi connectivity index (χ2v) is 8.91. The molecular formula is C24H25N7O4. The van der Waals surface area contributed by atoms with Gasteiger partial charge in [-0.15, -0.1) is 0 Å². The summed E-state index contributed by atoms with van der Waals surface area (Å²) in [5, 5.41) is 18.5. The first-order valence-corrected chi connectivity index (χ1v) is 10.9. The van der Waals surface area contributed by atoms with Crippen molar-refractivity contribution in [3.05, 3.63) is 41.3 Å². The van der Waals surface area contributed by atoms with Gasteiger partial charge in [0, 0.05) is 17.4 Å². The average Bonchev–Trinajstić information content (AvgIpc) is 3.34. The molecule has 0 aliphatic rings. The van der Waals surface area contributed by atoms with Crippen LogP contribution in [0, 0.1) is 18.3 Å². The molecule has 0 saturated carbocycles. The zero-order chi connectivity index (χ0) is 25.3. The number of fused-ring (bicyclic) bond motifs is 2. The van der Waals surface area contributed by atoms with E-state index in [2.05, 4.69) is 26.3 Å². The smallest absolute Gasteiger partial charge is 0.407 e. The number of nitrogens with zero attached hydrogens (tertiary/aromatic N) is 5. The van der Waals surface area contributed by atoms with Crippen molar-refractivity contribution in [2.24, 2.45) is 0 Å². The molecule has 0 radical (unpaired) electrons. The summed E-state index contributed by atoms with van der Waals surface area (Å²) < 4.78 is 11.7. The van der Waals surface area contributed by atoms with Crippen LogP contribution < -0.4 is 5.32 Å². The van der Waals surface area contributed by atoms with Gasteiger partial charge in [0.05, 0.1) is 30.3 Å². The molecule has 0 aliphatic heterocycles. The third kappa shape index (κ3) is 4.63. The minimum Gasteiger partial charge on any atom is -0.465 e. The number of H-pyrrole nitrogens is 1. The lowest BCUT2D eigenvalue weighted by Gasteiger charge is -2.19. The van der Waals surface area contributed by atoms with E-state index >= 15 is 0 Å². The average molecular weight is 476 g/mol. The summed E-state index contributed by atoms with van der Waals surface area (Å²) in [7, 11) is 1.33. The summed E-state index contributed by atoms with van der Waals surface area (Å²) >= 11 is 0. The number of carbonyl (C=O) groups is 2. The van der Waals surface area contributed by atoms with Crippen LogP contribution >= 0.6 is 0 Å². The van der Waals surface area contributed by atoms with Gasteiger partial charge in [0.2, 0.25) is 0 Å². The number of alkyl carbamates (subject to hydrolysis) is 1. The molecule has 0 spiro atoms. The molecule has 0 bridgehead atoms. The van der Waals surface area contributed by atoms with E-state index in [1.807, 2.05) is 13.0 Å². The summed E-state index contributed by atoms with van der Waals surface area (Å²) in [5.74, 6) is -0.437. The van der Waals surface area contributed by atoms with Crippen molar-refractivity contribution in [3.8, 4) is 17.5 Å². The monoisotopic (exact) mass is 475 g/mol. The van der Waals surface area contributed by atoms with E-state index in [0.717, 1.165) is 16.5 Å². The van der Waals surface area contributed by atoms with Gasteiger partial charge in [-0.25, -0.2) is 24.2 Å². The number of aromatic amines is 1. The number of amides is 1. The van der Waals surface area contributed by atoms with Gasteiger partial charge in [-0.3, -0.25) is 0 Å². The molecule has 0 atom stereocenters. The Bertz CT molecular complexity index is 1490. The van der Waals surface area contributed by atoms with E-state index in [1.54, 1.807) is 37.6 Å². The van der Waals surface area contributed by atoms with Crippen molar-refractivity contribution >= 4 is 34.0 Å². The standard InChI is InChI=1S/C24H25N7O4/c1-13-15-7-6-14(22(32)34-5)10-16(15)29-19(13)20-18-17(11-25)27-12-28-21(18)31(30-20)9-8-26-23(33)35-24(2,3)4/h6-7,10,12,29H,8-9H2,1-5H3,(H,26,33). The summed E-state index contributed by atoms with van der Waals surface area (Å²) in [5.41, 5.74) is 3.26. The fraction of sp³-hybridized carbons (Fsp3) is 0.333. The van der Waals surface area contributed by atoms with Crippen LogP contribution in [0.5, 0.6) is 0 Å². The van der Waals surface area contributed by atoms with Crippen molar-refractivity contribution in [1.29, 1.82) is 5.26 Å².